The molecule has 0 aromatic heterocycles. The first-order valence-electron chi connectivity index (χ1n) is 9.45. The number of carbonyl (C=O) groups is 1. The minimum Gasteiger partial charge on any atom is -0.394 e. The van der Waals surface area contributed by atoms with Crippen molar-refractivity contribution in [2.75, 3.05) is 13.2 Å². The molecule has 4 nitrogen and oxygen atoms in total. The Labute approximate surface area is 144 Å². The minimum absolute atomic E-state index is 0.331. The molecule has 0 radical (unpaired) electrons. The van der Waals surface area contributed by atoms with Gasteiger partial charge >= 0.3 is 14.6 Å². The van der Waals surface area contributed by atoms with Crippen LogP contribution in [0.25, 0.3) is 0 Å². The molecule has 0 atom stereocenters. The second kappa shape index (κ2) is 18.2. The molecule has 0 N–H and O–H groups in total. The lowest BCUT2D eigenvalue weighted by Crippen LogP contribution is -2.02. The van der Waals surface area contributed by atoms with E-state index in [4.69, 9.17) is 13.6 Å². The molecule has 0 saturated heterocycles. The van der Waals surface area contributed by atoms with Gasteiger partial charge in [0.15, 0.2) is 0 Å². The SMILES string of the molecule is CCCCCCCCOP(OCCCCCCCC)OC(C)=O. The maximum absolute atomic E-state index is 11.1. The van der Waals surface area contributed by atoms with Gasteiger partial charge in [-0.1, -0.05) is 78.1 Å². The molecule has 0 bridgehead atoms. The first-order chi connectivity index (χ1) is 11.2. The topological polar surface area (TPSA) is 44.8 Å². The predicted octanol–water partition coefficient (Wildman–Crippen LogP) is 6.53. The Kier molecular flexibility index (Phi) is 18.0. The van der Waals surface area contributed by atoms with Crippen LogP contribution in [0.1, 0.15) is 97.8 Å². The normalized spacial score (nSPS) is 11.1. The van der Waals surface area contributed by atoms with E-state index in [-0.39, 0.29) is 5.97 Å². The molecule has 0 rings (SSSR count). The summed E-state index contributed by atoms with van der Waals surface area (Å²) in [5, 5.41) is 0. The van der Waals surface area contributed by atoms with Crippen molar-refractivity contribution >= 4 is 14.6 Å². The molecular formula is C18H37O4P. The third kappa shape index (κ3) is 18.0. The lowest BCUT2D eigenvalue weighted by molar-refractivity contribution is -0.132. The molecule has 0 aromatic rings. The first kappa shape index (κ1) is 22.8. The van der Waals surface area contributed by atoms with Gasteiger partial charge in [0.1, 0.15) is 0 Å². The van der Waals surface area contributed by atoms with Crippen LogP contribution in [0.2, 0.25) is 0 Å². The van der Waals surface area contributed by atoms with Gasteiger partial charge in [-0.3, -0.25) is 4.79 Å². The molecule has 0 saturated carbocycles. The molecule has 0 unspecified atom stereocenters. The highest BCUT2D eigenvalue weighted by Gasteiger charge is 2.15. The molecule has 0 aromatic carbocycles. The van der Waals surface area contributed by atoms with E-state index >= 15 is 0 Å². The molecule has 0 fully saturated rings. The molecule has 0 amide bonds. The summed E-state index contributed by atoms with van der Waals surface area (Å²) in [6.07, 6.45) is 14.6. The van der Waals surface area contributed by atoms with Crippen LogP contribution in [-0.4, -0.2) is 19.2 Å². The van der Waals surface area contributed by atoms with Crippen LogP contribution in [0.5, 0.6) is 0 Å². The highest BCUT2D eigenvalue weighted by atomic mass is 31.2. The Bertz CT molecular complexity index is 243. The minimum atomic E-state index is -1.50. The van der Waals surface area contributed by atoms with Gasteiger partial charge < -0.3 is 13.6 Å². The van der Waals surface area contributed by atoms with Gasteiger partial charge in [0.2, 0.25) is 0 Å². The van der Waals surface area contributed by atoms with Crippen LogP contribution < -0.4 is 0 Å². The summed E-state index contributed by atoms with van der Waals surface area (Å²) < 4.78 is 16.3. The van der Waals surface area contributed by atoms with Crippen molar-refractivity contribution in [1.29, 1.82) is 0 Å². The molecule has 23 heavy (non-hydrogen) atoms. The summed E-state index contributed by atoms with van der Waals surface area (Å²) in [6.45, 7) is 7.06. The van der Waals surface area contributed by atoms with Crippen LogP contribution >= 0.6 is 8.60 Å². The van der Waals surface area contributed by atoms with Crippen molar-refractivity contribution in [3.8, 4) is 0 Å². The van der Waals surface area contributed by atoms with Crippen LogP contribution in [0.4, 0.5) is 0 Å². The van der Waals surface area contributed by atoms with Crippen molar-refractivity contribution < 1.29 is 18.4 Å². The predicted molar refractivity (Wildman–Crippen MR) is 97.3 cm³/mol. The number of rotatable bonds is 17. The molecule has 0 aliphatic carbocycles. The Balaban J connectivity index is 3.62. The Morgan fingerprint density at radius 3 is 1.48 bits per heavy atom. The third-order valence-electron chi connectivity index (χ3n) is 3.59. The fraction of sp³-hybridized carbons (Fsp3) is 0.944. The van der Waals surface area contributed by atoms with E-state index in [0.717, 1.165) is 12.8 Å². The lowest BCUT2D eigenvalue weighted by Gasteiger charge is -2.15. The second-order valence-electron chi connectivity index (χ2n) is 6.01. The fourth-order valence-electron chi connectivity index (χ4n) is 2.24. The summed E-state index contributed by atoms with van der Waals surface area (Å²) >= 11 is 0. The zero-order valence-electron chi connectivity index (χ0n) is 15.5. The molecule has 0 spiro atoms. The maximum atomic E-state index is 11.1. The Hall–Kier alpha value is -0.180. The molecule has 0 aliphatic rings. The van der Waals surface area contributed by atoms with E-state index in [1.165, 1.54) is 71.1 Å². The first-order valence-corrected chi connectivity index (χ1v) is 10.5. The zero-order chi connectivity index (χ0) is 17.2. The van der Waals surface area contributed by atoms with Gasteiger partial charge in [0.25, 0.3) is 0 Å². The Morgan fingerprint density at radius 1 is 0.696 bits per heavy atom. The average molecular weight is 348 g/mol. The summed E-state index contributed by atoms with van der Waals surface area (Å²) in [7, 11) is -1.50. The van der Waals surface area contributed by atoms with Crippen LogP contribution in [0, 0.1) is 0 Å². The standard InChI is InChI=1S/C18H37O4P/c1-4-6-8-10-12-14-16-20-23(22-18(3)19)21-17-15-13-11-9-7-5-2/h4-17H2,1-3H3. The average Bonchev–Trinajstić information content (AvgIpc) is 2.52. The fourth-order valence-corrected chi connectivity index (χ4v) is 3.18. The summed E-state index contributed by atoms with van der Waals surface area (Å²) in [5.74, 6) is -0.331. The van der Waals surface area contributed by atoms with Gasteiger partial charge in [0.05, 0.1) is 13.2 Å². The van der Waals surface area contributed by atoms with E-state index < -0.39 is 8.60 Å². The number of hydrogen-bond donors (Lipinski definition) is 0. The van der Waals surface area contributed by atoms with Crippen molar-refractivity contribution in [2.45, 2.75) is 97.8 Å². The molecule has 5 heteroatoms. The second-order valence-corrected chi connectivity index (χ2v) is 7.15. The molecule has 0 aliphatic heterocycles. The van der Waals surface area contributed by atoms with Crippen molar-refractivity contribution in [2.24, 2.45) is 0 Å². The molecule has 0 heterocycles. The van der Waals surface area contributed by atoms with E-state index in [9.17, 15) is 4.79 Å². The van der Waals surface area contributed by atoms with Crippen molar-refractivity contribution in [3.63, 3.8) is 0 Å². The summed E-state index contributed by atoms with van der Waals surface area (Å²) in [4.78, 5) is 11.1. The summed E-state index contributed by atoms with van der Waals surface area (Å²) in [5.41, 5.74) is 0. The molecular weight excluding hydrogens is 311 g/mol. The van der Waals surface area contributed by atoms with Gasteiger partial charge in [-0.05, 0) is 12.8 Å². The van der Waals surface area contributed by atoms with Crippen LogP contribution in [-0.2, 0) is 18.4 Å². The van der Waals surface area contributed by atoms with Crippen LogP contribution in [0.3, 0.4) is 0 Å². The van der Waals surface area contributed by atoms with Gasteiger partial charge in [0, 0.05) is 6.92 Å². The highest BCUT2D eigenvalue weighted by Crippen LogP contribution is 2.40. The van der Waals surface area contributed by atoms with Crippen LogP contribution in [0.15, 0.2) is 0 Å². The quantitative estimate of drug-likeness (QED) is 0.221. The van der Waals surface area contributed by atoms with E-state index in [1.807, 2.05) is 0 Å². The van der Waals surface area contributed by atoms with E-state index in [2.05, 4.69) is 13.8 Å². The van der Waals surface area contributed by atoms with Gasteiger partial charge in [-0.25, -0.2) is 0 Å². The molecule has 138 valence electrons. The summed E-state index contributed by atoms with van der Waals surface area (Å²) in [6, 6.07) is 0. The number of carbonyl (C=O) groups excluding carboxylic acids is 1. The van der Waals surface area contributed by atoms with E-state index in [0.29, 0.717) is 13.2 Å². The Morgan fingerprint density at radius 2 is 1.09 bits per heavy atom. The van der Waals surface area contributed by atoms with E-state index in [1.54, 1.807) is 0 Å². The van der Waals surface area contributed by atoms with Gasteiger partial charge in [-0.15, -0.1) is 0 Å². The smallest absolute Gasteiger partial charge is 0.394 e. The highest BCUT2D eigenvalue weighted by molar-refractivity contribution is 7.42. The van der Waals surface area contributed by atoms with Crippen molar-refractivity contribution in [1.82, 2.24) is 0 Å². The van der Waals surface area contributed by atoms with Gasteiger partial charge in [-0.2, -0.15) is 0 Å². The maximum Gasteiger partial charge on any atom is 0.399 e. The number of unbranched alkanes of at least 4 members (excludes halogenated alkanes) is 10. The largest absolute Gasteiger partial charge is 0.399 e. The monoisotopic (exact) mass is 348 g/mol. The van der Waals surface area contributed by atoms with Crippen molar-refractivity contribution in [3.05, 3.63) is 0 Å². The number of hydrogen-bond acceptors (Lipinski definition) is 4. The zero-order valence-corrected chi connectivity index (χ0v) is 16.4. The lowest BCUT2D eigenvalue weighted by atomic mass is 10.1. The third-order valence-corrected chi connectivity index (χ3v) is 4.79.